The summed E-state index contributed by atoms with van der Waals surface area (Å²) in [6.07, 6.45) is 3.20. The molecule has 0 aliphatic carbocycles. The van der Waals surface area contributed by atoms with Crippen LogP contribution < -0.4 is 5.73 Å². The summed E-state index contributed by atoms with van der Waals surface area (Å²) in [5, 5.41) is 0. The predicted octanol–water partition coefficient (Wildman–Crippen LogP) is 2.65. The van der Waals surface area contributed by atoms with Gasteiger partial charge in [0, 0.05) is 19.6 Å². The van der Waals surface area contributed by atoms with E-state index in [0.717, 1.165) is 25.9 Å². The van der Waals surface area contributed by atoms with Crippen molar-refractivity contribution in [2.45, 2.75) is 53.9 Å². The van der Waals surface area contributed by atoms with Crippen molar-refractivity contribution < 1.29 is 4.79 Å². The molecule has 3 nitrogen and oxygen atoms in total. The smallest absolute Gasteiger partial charge is 0.226 e. The summed E-state index contributed by atoms with van der Waals surface area (Å²) in [4.78, 5) is 14.6. The molecular formula is C15H30N2O. The Labute approximate surface area is 112 Å². The van der Waals surface area contributed by atoms with Gasteiger partial charge in [0.25, 0.3) is 0 Å². The Bertz CT molecular complexity index is 285. The first-order valence-electron chi connectivity index (χ1n) is 7.13. The molecule has 2 N–H and O–H groups in total. The molecule has 0 radical (unpaired) electrons. The summed E-state index contributed by atoms with van der Waals surface area (Å²) in [6, 6.07) is 0. The molecule has 1 unspecified atom stereocenters. The zero-order valence-electron chi connectivity index (χ0n) is 12.8. The van der Waals surface area contributed by atoms with Crippen LogP contribution in [-0.4, -0.2) is 30.4 Å². The molecule has 1 heterocycles. The van der Waals surface area contributed by atoms with Gasteiger partial charge in [0.2, 0.25) is 5.91 Å². The van der Waals surface area contributed by atoms with Gasteiger partial charge in [-0.05, 0) is 30.1 Å². The van der Waals surface area contributed by atoms with Crippen molar-refractivity contribution in [1.29, 1.82) is 0 Å². The normalized spacial score (nSPS) is 21.8. The van der Waals surface area contributed by atoms with Crippen molar-refractivity contribution in [3.05, 3.63) is 0 Å². The van der Waals surface area contributed by atoms with E-state index in [1.807, 2.05) is 4.90 Å². The Morgan fingerprint density at radius 3 is 2.44 bits per heavy atom. The lowest BCUT2D eigenvalue weighted by molar-refractivity contribution is -0.139. The fourth-order valence-corrected chi connectivity index (χ4v) is 2.88. The number of likely N-dealkylation sites (tertiary alicyclic amines) is 1. The molecule has 18 heavy (non-hydrogen) atoms. The number of amides is 1. The van der Waals surface area contributed by atoms with Gasteiger partial charge in [-0.25, -0.2) is 0 Å². The molecule has 1 rings (SSSR count). The lowest BCUT2D eigenvalue weighted by Gasteiger charge is -2.40. The zero-order valence-corrected chi connectivity index (χ0v) is 12.8. The highest BCUT2D eigenvalue weighted by Crippen LogP contribution is 2.31. The number of nitrogens with zero attached hydrogens (tertiary/aromatic N) is 1. The predicted molar refractivity (Wildman–Crippen MR) is 76.2 cm³/mol. The Kier molecular flexibility index (Phi) is 4.82. The van der Waals surface area contributed by atoms with Crippen LogP contribution in [-0.2, 0) is 4.79 Å². The second-order valence-electron chi connectivity index (χ2n) is 7.72. The van der Waals surface area contributed by atoms with Crippen LogP contribution in [0.3, 0.4) is 0 Å². The SMILES string of the molecule is CC(C)(C)CC(CN)C(=O)N1CCCC(C)(C)C1. The van der Waals surface area contributed by atoms with E-state index >= 15 is 0 Å². The van der Waals surface area contributed by atoms with E-state index < -0.39 is 0 Å². The van der Waals surface area contributed by atoms with E-state index in [9.17, 15) is 4.79 Å². The second-order valence-corrected chi connectivity index (χ2v) is 7.72. The number of carbonyl (C=O) groups is 1. The molecule has 106 valence electrons. The van der Waals surface area contributed by atoms with E-state index in [1.165, 1.54) is 6.42 Å². The molecule has 1 aliphatic rings. The topological polar surface area (TPSA) is 46.3 Å². The monoisotopic (exact) mass is 254 g/mol. The molecule has 1 saturated heterocycles. The highest BCUT2D eigenvalue weighted by Gasteiger charge is 2.33. The molecule has 0 aromatic carbocycles. The van der Waals surface area contributed by atoms with Gasteiger partial charge < -0.3 is 10.6 Å². The van der Waals surface area contributed by atoms with Gasteiger partial charge in [0.1, 0.15) is 0 Å². The van der Waals surface area contributed by atoms with E-state index in [1.54, 1.807) is 0 Å². The zero-order chi connectivity index (χ0) is 14.0. The molecular weight excluding hydrogens is 224 g/mol. The molecule has 0 spiro atoms. The molecule has 3 heteroatoms. The Morgan fingerprint density at radius 2 is 2.00 bits per heavy atom. The van der Waals surface area contributed by atoms with Gasteiger partial charge in [0.05, 0.1) is 5.92 Å². The van der Waals surface area contributed by atoms with Gasteiger partial charge >= 0.3 is 0 Å². The Morgan fingerprint density at radius 1 is 1.39 bits per heavy atom. The Hall–Kier alpha value is -0.570. The first kappa shape index (κ1) is 15.5. The average Bonchev–Trinajstić information content (AvgIpc) is 2.22. The van der Waals surface area contributed by atoms with Crippen LogP contribution in [0.25, 0.3) is 0 Å². The van der Waals surface area contributed by atoms with Crippen molar-refractivity contribution >= 4 is 5.91 Å². The summed E-state index contributed by atoms with van der Waals surface area (Å²) in [7, 11) is 0. The highest BCUT2D eigenvalue weighted by molar-refractivity contribution is 5.79. The second kappa shape index (κ2) is 5.60. The fraction of sp³-hybridized carbons (Fsp3) is 0.933. The lowest BCUT2D eigenvalue weighted by Crippen LogP contribution is -2.47. The van der Waals surface area contributed by atoms with Gasteiger partial charge in [-0.15, -0.1) is 0 Å². The minimum absolute atomic E-state index is 0.0149. The number of rotatable bonds is 3. The largest absolute Gasteiger partial charge is 0.342 e. The van der Waals surface area contributed by atoms with E-state index in [4.69, 9.17) is 5.73 Å². The van der Waals surface area contributed by atoms with Gasteiger partial charge in [0.15, 0.2) is 0 Å². The van der Waals surface area contributed by atoms with Crippen molar-refractivity contribution in [3.63, 3.8) is 0 Å². The summed E-state index contributed by atoms with van der Waals surface area (Å²) >= 11 is 0. The van der Waals surface area contributed by atoms with Gasteiger partial charge in [-0.1, -0.05) is 34.6 Å². The molecule has 1 atom stereocenters. The maximum Gasteiger partial charge on any atom is 0.226 e. The minimum Gasteiger partial charge on any atom is -0.342 e. The van der Waals surface area contributed by atoms with Crippen molar-refractivity contribution in [2.75, 3.05) is 19.6 Å². The molecule has 1 fully saturated rings. The maximum atomic E-state index is 12.5. The average molecular weight is 254 g/mol. The molecule has 1 amide bonds. The van der Waals surface area contributed by atoms with Gasteiger partial charge in [-0.2, -0.15) is 0 Å². The summed E-state index contributed by atoms with van der Waals surface area (Å²) in [5.41, 5.74) is 6.22. The fourth-order valence-electron chi connectivity index (χ4n) is 2.88. The van der Waals surface area contributed by atoms with E-state index in [-0.39, 0.29) is 22.7 Å². The maximum absolute atomic E-state index is 12.5. The molecule has 0 saturated carbocycles. The number of hydrogen-bond acceptors (Lipinski definition) is 2. The number of piperidine rings is 1. The van der Waals surface area contributed by atoms with E-state index in [0.29, 0.717) is 6.54 Å². The quantitative estimate of drug-likeness (QED) is 0.841. The third kappa shape index (κ3) is 4.60. The van der Waals surface area contributed by atoms with Crippen LogP contribution >= 0.6 is 0 Å². The summed E-state index contributed by atoms with van der Waals surface area (Å²) in [6.45, 7) is 13.2. The molecule has 0 aromatic heterocycles. The standard InChI is InChI=1S/C15H30N2O/c1-14(2,3)9-12(10-16)13(18)17-8-6-7-15(4,5)11-17/h12H,6-11,16H2,1-5H3. The van der Waals surface area contributed by atoms with Crippen molar-refractivity contribution in [2.24, 2.45) is 22.5 Å². The molecule has 0 bridgehead atoms. The molecule has 1 aliphatic heterocycles. The van der Waals surface area contributed by atoms with Crippen LogP contribution in [0.2, 0.25) is 0 Å². The van der Waals surface area contributed by atoms with Crippen LogP contribution in [0.1, 0.15) is 53.9 Å². The lowest BCUT2D eigenvalue weighted by atomic mass is 9.81. The van der Waals surface area contributed by atoms with Crippen LogP contribution in [0.4, 0.5) is 0 Å². The van der Waals surface area contributed by atoms with Crippen LogP contribution in [0.5, 0.6) is 0 Å². The minimum atomic E-state index is -0.0149. The third-order valence-corrected chi connectivity index (χ3v) is 3.70. The van der Waals surface area contributed by atoms with Crippen LogP contribution in [0.15, 0.2) is 0 Å². The molecule has 0 aromatic rings. The summed E-state index contributed by atoms with van der Waals surface area (Å²) in [5.74, 6) is 0.249. The third-order valence-electron chi connectivity index (χ3n) is 3.70. The first-order chi connectivity index (χ1) is 8.14. The van der Waals surface area contributed by atoms with Gasteiger partial charge in [-0.3, -0.25) is 4.79 Å². The van der Waals surface area contributed by atoms with Crippen LogP contribution in [0, 0.1) is 16.7 Å². The number of carbonyl (C=O) groups excluding carboxylic acids is 1. The highest BCUT2D eigenvalue weighted by atomic mass is 16.2. The number of nitrogens with two attached hydrogens (primary N) is 1. The number of hydrogen-bond donors (Lipinski definition) is 1. The first-order valence-corrected chi connectivity index (χ1v) is 7.13. The van der Waals surface area contributed by atoms with Crippen molar-refractivity contribution in [1.82, 2.24) is 4.90 Å². The summed E-state index contributed by atoms with van der Waals surface area (Å²) < 4.78 is 0. The Balaban J connectivity index is 2.66. The van der Waals surface area contributed by atoms with Crippen molar-refractivity contribution in [3.8, 4) is 0 Å². The van der Waals surface area contributed by atoms with E-state index in [2.05, 4.69) is 34.6 Å².